The second-order valence-corrected chi connectivity index (χ2v) is 5.12. The number of nitrogens with one attached hydrogen (secondary N) is 1. The Balaban J connectivity index is 2.57. The van der Waals surface area contributed by atoms with Crippen molar-refractivity contribution >= 4 is 11.6 Å². The molecule has 2 aromatic rings. The molecular formula is C15H14ClF3N2. The molecule has 0 radical (unpaired) electrons. The third-order valence-corrected chi connectivity index (χ3v) is 3.53. The van der Waals surface area contributed by atoms with Crippen LogP contribution in [0, 0.1) is 6.92 Å². The zero-order valence-electron chi connectivity index (χ0n) is 11.5. The van der Waals surface area contributed by atoms with Gasteiger partial charge in [0.25, 0.3) is 0 Å². The van der Waals surface area contributed by atoms with Crippen molar-refractivity contribution in [1.82, 2.24) is 10.3 Å². The van der Waals surface area contributed by atoms with Gasteiger partial charge in [-0.2, -0.15) is 13.2 Å². The molecule has 1 heterocycles. The summed E-state index contributed by atoms with van der Waals surface area (Å²) in [7, 11) is 1.62. The van der Waals surface area contributed by atoms with Crippen LogP contribution in [0.3, 0.4) is 0 Å². The smallest absolute Gasteiger partial charge is 0.309 e. The molecule has 0 fully saturated rings. The number of alkyl halides is 3. The molecule has 0 bridgehead atoms. The maximum Gasteiger partial charge on any atom is 0.416 e. The molecule has 6 heteroatoms. The average Bonchev–Trinajstić information content (AvgIpc) is 2.41. The van der Waals surface area contributed by atoms with Crippen LogP contribution in [-0.4, -0.2) is 12.0 Å². The van der Waals surface area contributed by atoms with Crippen molar-refractivity contribution in [3.8, 4) is 0 Å². The highest BCUT2D eigenvalue weighted by Crippen LogP contribution is 2.36. The first kappa shape index (κ1) is 15.8. The quantitative estimate of drug-likeness (QED) is 0.910. The van der Waals surface area contributed by atoms with Crippen LogP contribution in [0.25, 0.3) is 0 Å². The molecule has 1 atom stereocenters. The molecular weight excluding hydrogens is 301 g/mol. The summed E-state index contributed by atoms with van der Waals surface area (Å²) in [4.78, 5) is 3.83. The first-order chi connectivity index (χ1) is 9.84. The zero-order chi connectivity index (χ0) is 15.6. The monoisotopic (exact) mass is 314 g/mol. The Bertz CT molecular complexity index is 641. The summed E-state index contributed by atoms with van der Waals surface area (Å²) in [6.45, 7) is 1.81. The van der Waals surface area contributed by atoms with Gasteiger partial charge in [-0.1, -0.05) is 17.7 Å². The number of hydrogen-bond acceptors (Lipinski definition) is 2. The van der Waals surface area contributed by atoms with Crippen LogP contribution in [0.2, 0.25) is 5.02 Å². The highest BCUT2D eigenvalue weighted by atomic mass is 35.5. The highest BCUT2D eigenvalue weighted by Gasteiger charge is 2.35. The van der Waals surface area contributed by atoms with E-state index in [2.05, 4.69) is 10.3 Å². The third-order valence-electron chi connectivity index (χ3n) is 3.30. The lowest BCUT2D eigenvalue weighted by atomic mass is 9.93. The first-order valence-electron chi connectivity index (χ1n) is 6.29. The maximum absolute atomic E-state index is 13.1. The van der Waals surface area contributed by atoms with E-state index in [-0.39, 0.29) is 5.56 Å². The summed E-state index contributed by atoms with van der Waals surface area (Å²) in [6, 6.07) is 5.51. The lowest BCUT2D eigenvalue weighted by Crippen LogP contribution is -2.23. The minimum Gasteiger partial charge on any atom is -0.309 e. The van der Waals surface area contributed by atoms with E-state index in [1.165, 1.54) is 6.20 Å². The number of rotatable bonds is 3. The van der Waals surface area contributed by atoms with Gasteiger partial charge in [0.15, 0.2) is 0 Å². The molecule has 0 spiro atoms. The fourth-order valence-corrected chi connectivity index (χ4v) is 2.56. The second kappa shape index (κ2) is 6.03. The number of hydrogen-bond donors (Lipinski definition) is 1. The van der Waals surface area contributed by atoms with E-state index in [0.29, 0.717) is 5.02 Å². The summed E-state index contributed by atoms with van der Waals surface area (Å²) in [5.74, 6) is 0. The van der Waals surface area contributed by atoms with Gasteiger partial charge in [0.05, 0.1) is 11.6 Å². The fraction of sp³-hybridized carbons (Fsp3) is 0.267. The molecule has 0 aliphatic heterocycles. The van der Waals surface area contributed by atoms with Crippen LogP contribution < -0.4 is 5.32 Å². The van der Waals surface area contributed by atoms with Crippen LogP contribution in [0.15, 0.2) is 36.7 Å². The summed E-state index contributed by atoms with van der Waals surface area (Å²) in [5.41, 5.74) is 0.961. The topological polar surface area (TPSA) is 24.9 Å². The minimum atomic E-state index is -4.42. The fourth-order valence-electron chi connectivity index (χ4n) is 2.34. The van der Waals surface area contributed by atoms with Gasteiger partial charge in [0.2, 0.25) is 0 Å². The predicted octanol–water partition coefficient (Wildman–Crippen LogP) is 4.37. The Morgan fingerprint density at radius 3 is 2.48 bits per heavy atom. The number of aryl methyl sites for hydroxylation is 1. The Kier molecular flexibility index (Phi) is 4.54. The Labute approximate surface area is 126 Å². The average molecular weight is 315 g/mol. The van der Waals surface area contributed by atoms with Crippen molar-refractivity contribution < 1.29 is 13.2 Å². The van der Waals surface area contributed by atoms with E-state index >= 15 is 0 Å². The van der Waals surface area contributed by atoms with E-state index in [4.69, 9.17) is 11.6 Å². The molecule has 112 valence electrons. The van der Waals surface area contributed by atoms with Crippen LogP contribution >= 0.6 is 11.6 Å². The van der Waals surface area contributed by atoms with Crippen molar-refractivity contribution in [2.24, 2.45) is 0 Å². The van der Waals surface area contributed by atoms with Crippen molar-refractivity contribution in [3.05, 3.63) is 63.9 Å². The van der Waals surface area contributed by atoms with Gasteiger partial charge < -0.3 is 5.32 Å². The van der Waals surface area contributed by atoms with Gasteiger partial charge in [0.1, 0.15) is 0 Å². The number of halogens is 4. The first-order valence-corrected chi connectivity index (χ1v) is 6.67. The molecule has 1 unspecified atom stereocenters. The third kappa shape index (κ3) is 3.36. The molecule has 0 saturated carbocycles. The van der Waals surface area contributed by atoms with Crippen molar-refractivity contribution in [1.29, 1.82) is 0 Å². The van der Waals surface area contributed by atoms with Crippen LogP contribution in [0.5, 0.6) is 0 Å². The van der Waals surface area contributed by atoms with Gasteiger partial charge in [-0.15, -0.1) is 0 Å². The number of nitrogens with zero attached hydrogens (tertiary/aromatic N) is 1. The van der Waals surface area contributed by atoms with Gasteiger partial charge in [-0.25, -0.2) is 0 Å². The SMILES string of the molecule is CNC(c1ccc(Cl)cc1C)c1cnccc1C(F)(F)F. The molecule has 0 amide bonds. The molecule has 1 N–H and O–H groups in total. The van der Waals surface area contributed by atoms with Crippen LogP contribution in [0.4, 0.5) is 13.2 Å². The maximum atomic E-state index is 13.1. The van der Waals surface area contributed by atoms with Crippen molar-refractivity contribution in [2.75, 3.05) is 7.05 Å². The lowest BCUT2D eigenvalue weighted by molar-refractivity contribution is -0.138. The predicted molar refractivity (Wildman–Crippen MR) is 76.3 cm³/mol. The normalized spacial score (nSPS) is 13.2. The lowest BCUT2D eigenvalue weighted by Gasteiger charge is -2.22. The number of benzene rings is 1. The zero-order valence-corrected chi connectivity index (χ0v) is 12.3. The van der Waals surface area contributed by atoms with E-state index < -0.39 is 17.8 Å². The van der Waals surface area contributed by atoms with Gasteiger partial charge in [0, 0.05) is 23.0 Å². The molecule has 0 saturated heterocycles. The van der Waals surface area contributed by atoms with Crippen molar-refractivity contribution in [2.45, 2.75) is 19.1 Å². The molecule has 21 heavy (non-hydrogen) atoms. The molecule has 1 aromatic carbocycles. The second-order valence-electron chi connectivity index (χ2n) is 4.68. The largest absolute Gasteiger partial charge is 0.416 e. The van der Waals surface area contributed by atoms with Gasteiger partial charge >= 0.3 is 6.18 Å². The van der Waals surface area contributed by atoms with Crippen molar-refractivity contribution in [3.63, 3.8) is 0 Å². The van der Waals surface area contributed by atoms with Crippen LogP contribution in [-0.2, 0) is 6.18 Å². The number of pyridine rings is 1. The van der Waals surface area contributed by atoms with E-state index in [0.717, 1.165) is 23.4 Å². The molecule has 2 nitrogen and oxygen atoms in total. The van der Waals surface area contributed by atoms with E-state index in [1.807, 2.05) is 6.92 Å². The summed E-state index contributed by atoms with van der Waals surface area (Å²) >= 11 is 5.90. The molecule has 1 aromatic heterocycles. The molecule has 2 rings (SSSR count). The van der Waals surface area contributed by atoms with Gasteiger partial charge in [-0.3, -0.25) is 4.98 Å². The summed E-state index contributed by atoms with van der Waals surface area (Å²) in [6.07, 6.45) is -2.03. The van der Waals surface area contributed by atoms with Crippen LogP contribution in [0.1, 0.15) is 28.3 Å². The molecule has 0 aliphatic carbocycles. The Hall–Kier alpha value is -1.59. The standard InChI is InChI=1S/C15H14ClF3N2/c1-9-7-10(16)3-4-11(9)14(20-2)12-8-21-6-5-13(12)15(17,18)19/h3-8,14,20H,1-2H3. The Morgan fingerprint density at radius 1 is 1.19 bits per heavy atom. The Morgan fingerprint density at radius 2 is 1.90 bits per heavy atom. The number of aromatic nitrogens is 1. The summed E-state index contributed by atoms with van der Waals surface area (Å²) in [5, 5.41) is 3.47. The molecule has 0 aliphatic rings. The highest BCUT2D eigenvalue weighted by molar-refractivity contribution is 6.30. The van der Waals surface area contributed by atoms with E-state index in [9.17, 15) is 13.2 Å². The van der Waals surface area contributed by atoms with E-state index in [1.54, 1.807) is 25.2 Å². The van der Waals surface area contributed by atoms with Gasteiger partial charge in [-0.05, 0) is 43.3 Å². The minimum absolute atomic E-state index is 0.0953. The summed E-state index contributed by atoms with van der Waals surface area (Å²) < 4.78 is 39.4.